The third kappa shape index (κ3) is 7.68. The van der Waals surface area contributed by atoms with Gasteiger partial charge in [0, 0.05) is 23.9 Å². The SMILES string of the molecule is Cc1cn([C@@H]2CC[C@@H](NC(=O)c3cccc(OCCCNC(=O)OC(C)(C)C)c3)[C@@H](O)[C@@H]2O)c(=O)[nH]c1=O. The number of carbonyl (C=O) groups excluding carboxylic acids is 2. The van der Waals surface area contributed by atoms with Crippen molar-refractivity contribution in [3.05, 3.63) is 62.4 Å². The molecule has 208 valence electrons. The number of alkyl carbamates (subject to hydrolysis) is 1. The number of amides is 2. The third-order valence-corrected chi connectivity index (χ3v) is 6.10. The Bertz CT molecular complexity index is 1250. The lowest BCUT2D eigenvalue weighted by Crippen LogP contribution is -2.55. The molecule has 0 saturated heterocycles. The Labute approximate surface area is 220 Å². The molecule has 38 heavy (non-hydrogen) atoms. The molecule has 1 aliphatic rings. The van der Waals surface area contributed by atoms with Gasteiger partial charge in [-0.05, 0) is 65.2 Å². The van der Waals surface area contributed by atoms with Crippen LogP contribution in [0.5, 0.6) is 5.75 Å². The molecule has 1 heterocycles. The van der Waals surface area contributed by atoms with Crippen molar-refractivity contribution in [2.45, 2.75) is 76.9 Å². The molecule has 5 N–H and O–H groups in total. The number of rotatable bonds is 8. The molecule has 1 fully saturated rings. The van der Waals surface area contributed by atoms with E-state index in [4.69, 9.17) is 9.47 Å². The van der Waals surface area contributed by atoms with E-state index in [0.717, 1.165) is 0 Å². The summed E-state index contributed by atoms with van der Waals surface area (Å²) in [6.45, 7) is 7.56. The van der Waals surface area contributed by atoms with Gasteiger partial charge in [-0.2, -0.15) is 0 Å². The number of hydrogen-bond acceptors (Lipinski definition) is 8. The number of aromatic amines is 1. The molecule has 0 bridgehead atoms. The van der Waals surface area contributed by atoms with Crippen LogP contribution in [0, 0.1) is 6.92 Å². The molecule has 2 aromatic rings. The standard InChI is InChI=1S/C26H36N4O8/c1-15-14-30(24(35)29-22(15)33)19-10-9-18(20(31)21(19)32)28-23(34)16-7-5-8-17(13-16)37-12-6-11-27-25(36)38-26(2,3)4/h5,7-8,13-14,18-21,31-32H,6,9-12H2,1-4H3,(H,27,36)(H,28,34)(H,29,33,35)/t18-,19-,20-,21-/m1/s1. The molecule has 1 aliphatic carbocycles. The summed E-state index contributed by atoms with van der Waals surface area (Å²) in [4.78, 5) is 50.6. The van der Waals surface area contributed by atoms with Crippen molar-refractivity contribution in [1.82, 2.24) is 20.2 Å². The Hall–Kier alpha value is -3.64. The fraction of sp³-hybridized carbons (Fsp3) is 0.538. The van der Waals surface area contributed by atoms with Gasteiger partial charge in [-0.3, -0.25) is 19.1 Å². The zero-order valence-corrected chi connectivity index (χ0v) is 22.0. The highest BCUT2D eigenvalue weighted by molar-refractivity contribution is 5.94. The van der Waals surface area contributed by atoms with E-state index in [-0.39, 0.29) is 0 Å². The average molecular weight is 533 g/mol. The molecule has 3 rings (SSSR count). The molecule has 12 nitrogen and oxygen atoms in total. The zero-order valence-electron chi connectivity index (χ0n) is 22.0. The molecule has 1 saturated carbocycles. The maximum Gasteiger partial charge on any atom is 0.407 e. The lowest BCUT2D eigenvalue weighted by atomic mass is 9.85. The van der Waals surface area contributed by atoms with Crippen LogP contribution in [0.4, 0.5) is 4.79 Å². The van der Waals surface area contributed by atoms with E-state index in [9.17, 15) is 29.4 Å². The van der Waals surface area contributed by atoms with Gasteiger partial charge < -0.3 is 30.3 Å². The summed E-state index contributed by atoms with van der Waals surface area (Å²) in [5.74, 6) is 0.0146. The molecule has 12 heteroatoms. The Balaban J connectivity index is 1.52. The van der Waals surface area contributed by atoms with Crippen LogP contribution in [0.25, 0.3) is 0 Å². The number of hydrogen-bond donors (Lipinski definition) is 5. The lowest BCUT2D eigenvalue weighted by molar-refractivity contribution is -0.0570. The van der Waals surface area contributed by atoms with Gasteiger partial charge in [-0.25, -0.2) is 9.59 Å². The van der Waals surface area contributed by atoms with E-state index in [2.05, 4.69) is 15.6 Å². The number of benzene rings is 1. The molecule has 0 unspecified atom stereocenters. The van der Waals surface area contributed by atoms with Gasteiger partial charge in [0.25, 0.3) is 11.5 Å². The monoisotopic (exact) mass is 532 g/mol. The van der Waals surface area contributed by atoms with Crippen LogP contribution in [0.15, 0.2) is 40.1 Å². The highest BCUT2D eigenvalue weighted by atomic mass is 16.6. The Morgan fingerprint density at radius 2 is 1.89 bits per heavy atom. The van der Waals surface area contributed by atoms with Crippen molar-refractivity contribution in [3.8, 4) is 5.75 Å². The van der Waals surface area contributed by atoms with Crippen LogP contribution in [-0.2, 0) is 4.74 Å². The topological polar surface area (TPSA) is 172 Å². The van der Waals surface area contributed by atoms with Gasteiger partial charge in [0.1, 0.15) is 23.6 Å². The number of H-pyrrole nitrogens is 1. The van der Waals surface area contributed by atoms with Crippen molar-refractivity contribution >= 4 is 12.0 Å². The fourth-order valence-corrected chi connectivity index (χ4v) is 4.20. The minimum absolute atomic E-state index is 0.301. The minimum atomic E-state index is -1.33. The molecular formula is C26H36N4O8. The molecule has 0 aliphatic heterocycles. The van der Waals surface area contributed by atoms with Crippen LogP contribution in [-0.4, -0.2) is 68.8 Å². The van der Waals surface area contributed by atoms with Gasteiger partial charge in [-0.1, -0.05) is 6.07 Å². The highest BCUT2D eigenvalue weighted by Gasteiger charge is 2.39. The second kappa shape index (κ2) is 12.3. The molecule has 1 aromatic heterocycles. The van der Waals surface area contributed by atoms with E-state index in [0.29, 0.717) is 49.3 Å². The van der Waals surface area contributed by atoms with Crippen LogP contribution in [0.1, 0.15) is 62.0 Å². The first kappa shape index (κ1) is 28.9. The number of aliphatic hydroxyl groups is 2. The largest absolute Gasteiger partial charge is 0.494 e. The number of carbonyl (C=O) groups is 2. The van der Waals surface area contributed by atoms with E-state index in [1.165, 1.54) is 10.8 Å². The first-order chi connectivity index (χ1) is 17.9. The molecule has 2 amide bonds. The number of aromatic nitrogens is 2. The lowest BCUT2D eigenvalue weighted by Gasteiger charge is -2.38. The van der Waals surface area contributed by atoms with Crippen molar-refractivity contribution in [3.63, 3.8) is 0 Å². The second-order valence-corrected chi connectivity index (χ2v) is 10.3. The molecule has 0 radical (unpaired) electrons. The Morgan fingerprint density at radius 3 is 2.61 bits per heavy atom. The van der Waals surface area contributed by atoms with Crippen LogP contribution >= 0.6 is 0 Å². The third-order valence-electron chi connectivity index (χ3n) is 6.10. The summed E-state index contributed by atoms with van der Waals surface area (Å²) in [6, 6.07) is 5.04. The number of nitrogens with one attached hydrogen (secondary N) is 3. The van der Waals surface area contributed by atoms with E-state index in [1.54, 1.807) is 52.0 Å². The van der Waals surface area contributed by atoms with Gasteiger partial charge in [0.05, 0.1) is 18.7 Å². The maximum absolute atomic E-state index is 12.9. The van der Waals surface area contributed by atoms with Crippen LogP contribution in [0.3, 0.4) is 0 Å². The van der Waals surface area contributed by atoms with Gasteiger partial charge in [-0.15, -0.1) is 0 Å². The summed E-state index contributed by atoms with van der Waals surface area (Å²) in [5.41, 5.74) is -1.13. The number of aliphatic hydroxyl groups excluding tert-OH is 2. The Morgan fingerprint density at radius 1 is 1.16 bits per heavy atom. The fourth-order valence-electron chi connectivity index (χ4n) is 4.20. The van der Waals surface area contributed by atoms with Crippen LogP contribution < -0.4 is 26.6 Å². The number of nitrogens with zero attached hydrogens (tertiary/aromatic N) is 1. The van der Waals surface area contributed by atoms with Crippen molar-refractivity contribution in [2.75, 3.05) is 13.2 Å². The molecule has 1 aromatic carbocycles. The zero-order chi connectivity index (χ0) is 28.0. The summed E-state index contributed by atoms with van der Waals surface area (Å²) < 4.78 is 12.1. The second-order valence-electron chi connectivity index (χ2n) is 10.3. The predicted octanol–water partition coefficient (Wildman–Crippen LogP) is 0.994. The first-order valence-electron chi connectivity index (χ1n) is 12.5. The average Bonchev–Trinajstić information content (AvgIpc) is 2.83. The van der Waals surface area contributed by atoms with Gasteiger partial charge in [0.2, 0.25) is 0 Å². The van der Waals surface area contributed by atoms with Crippen molar-refractivity contribution in [2.24, 2.45) is 0 Å². The smallest absolute Gasteiger partial charge is 0.407 e. The van der Waals surface area contributed by atoms with Crippen LogP contribution in [0.2, 0.25) is 0 Å². The van der Waals surface area contributed by atoms with E-state index < -0.39 is 53.1 Å². The Kier molecular flexibility index (Phi) is 9.34. The molecular weight excluding hydrogens is 496 g/mol. The minimum Gasteiger partial charge on any atom is -0.494 e. The first-order valence-corrected chi connectivity index (χ1v) is 12.5. The number of aryl methyl sites for hydroxylation is 1. The van der Waals surface area contributed by atoms with E-state index >= 15 is 0 Å². The summed E-state index contributed by atoms with van der Waals surface area (Å²) >= 11 is 0. The van der Waals surface area contributed by atoms with E-state index in [1.807, 2.05) is 0 Å². The maximum atomic E-state index is 12.9. The highest BCUT2D eigenvalue weighted by Crippen LogP contribution is 2.29. The predicted molar refractivity (Wildman–Crippen MR) is 138 cm³/mol. The normalized spacial score (nSPS) is 21.4. The summed E-state index contributed by atoms with van der Waals surface area (Å²) in [6.07, 6.45) is -0.663. The van der Waals surface area contributed by atoms with Gasteiger partial charge in [0.15, 0.2) is 0 Å². The van der Waals surface area contributed by atoms with Gasteiger partial charge >= 0.3 is 11.8 Å². The quantitative estimate of drug-likeness (QED) is 0.313. The summed E-state index contributed by atoms with van der Waals surface area (Å²) in [5, 5.41) is 26.8. The molecule has 4 atom stereocenters. The number of ether oxygens (including phenoxy) is 2. The van der Waals surface area contributed by atoms with Crippen molar-refractivity contribution in [1.29, 1.82) is 0 Å². The van der Waals surface area contributed by atoms with Crippen molar-refractivity contribution < 1.29 is 29.3 Å². The molecule has 0 spiro atoms. The summed E-state index contributed by atoms with van der Waals surface area (Å²) in [7, 11) is 0.